The van der Waals surface area contributed by atoms with Crippen LogP contribution in [0.1, 0.15) is 34.0 Å². The van der Waals surface area contributed by atoms with E-state index in [0.29, 0.717) is 24.1 Å². The van der Waals surface area contributed by atoms with Crippen LogP contribution in [0.25, 0.3) is 0 Å². The summed E-state index contributed by atoms with van der Waals surface area (Å²) in [5, 5.41) is 5.89. The van der Waals surface area contributed by atoms with Crippen molar-refractivity contribution in [3.8, 4) is 0 Å². The number of fused-ring (bicyclic) bond motifs is 1. The molecule has 0 radical (unpaired) electrons. The second-order valence-corrected chi connectivity index (χ2v) is 5.50. The molecule has 0 saturated heterocycles. The van der Waals surface area contributed by atoms with Crippen molar-refractivity contribution in [2.45, 2.75) is 26.3 Å². The monoisotopic (exact) mass is 334 g/mol. The molecule has 3 rings (SSSR count). The minimum Gasteiger partial charge on any atom is -0.319 e. The highest BCUT2D eigenvalue weighted by molar-refractivity contribution is 6.04. The molecule has 1 aliphatic rings. The SMILES string of the molecule is CCc1ccc(C(=O)Nc2ccc3c(c2F)CCNC3)cc1.Cl. The van der Waals surface area contributed by atoms with E-state index < -0.39 is 0 Å². The first-order valence-corrected chi connectivity index (χ1v) is 7.60. The third-order valence-electron chi connectivity index (χ3n) is 4.08. The average Bonchev–Trinajstić information content (AvgIpc) is 2.57. The fourth-order valence-corrected chi connectivity index (χ4v) is 2.72. The van der Waals surface area contributed by atoms with Gasteiger partial charge in [0.25, 0.3) is 5.91 Å². The van der Waals surface area contributed by atoms with Gasteiger partial charge in [-0.15, -0.1) is 12.4 Å². The van der Waals surface area contributed by atoms with Gasteiger partial charge in [0.15, 0.2) is 0 Å². The van der Waals surface area contributed by atoms with Crippen molar-refractivity contribution in [1.82, 2.24) is 5.32 Å². The maximum atomic E-state index is 14.5. The lowest BCUT2D eigenvalue weighted by Crippen LogP contribution is -2.25. The Morgan fingerprint density at radius 3 is 2.65 bits per heavy atom. The molecule has 0 spiro atoms. The Balaban J connectivity index is 0.00000192. The third kappa shape index (κ3) is 3.71. The number of carbonyl (C=O) groups is 1. The van der Waals surface area contributed by atoms with Crippen LogP contribution in [0.2, 0.25) is 0 Å². The van der Waals surface area contributed by atoms with E-state index in [-0.39, 0.29) is 29.8 Å². The van der Waals surface area contributed by atoms with E-state index in [2.05, 4.69) is 17.6 Å². The second-order valence-electron chi connectivity index (χ2n) is 5.50. The van der Waals surface area contributed by atoms with Crippen LogP contribution in [-0.2, 0) is 19.4 Å². The van der Waals surface area contributed by atoms with E-state index in [4.69, 9.17) is 0 Å². The van der Waals surface area contributed by atoms with Gasteiger partial charge in [-0.2, -0.15) is 0 Å². The fraction of sp³-hybridized carbons (Fsp3) is 0.278. The van der Waals surface area contributed by atoms with Crippen molar-refractivity contribution < 1.29 is 9.18 Å². The fourth-order valence-electron chi connectivity index (χ4n) is 2.72. The number of halogens is 2. The molecule has 2 aromatic carbocycles. The number of amides is 1. The van der Waals surface area contributed by atoms with Crippen LogP contribution < -0.4 is 10.6 Å². The lowest BCUT2D eigenvalue weighted by atomic mass is 9.99. The molecule has 5 heteroatoms. The summed E-state index contributed by atoms with van der Waals surface area (Å²) in [5.74, 6) is -0.590. The van der Waals surface area contributed by atoms with Crippen LogP contribution in [0.5, 0.6) is 0 Å². The normalized spacial score (nSPS) is 13.0. The summed E-state index contributed by atoms with van der Waals surface area (Å²) in [6.45, 7) is 3.51. The number of hydrogen-bond acceptors (Lipinski definition) is 2. The summed E-state index contributed by atoms with van der Waals surface area (Å²) in [7, 11) is 0. The molecule has 1 aliphatic heterocycles. The topological polar surface area (TPSA) is 41.1 Å². The molecule has 23 heavy (non-hydrogen) atoms. The molecule has 1 heterocycles. The highest BCUT2D eigenvalue weighted by Crippen LogP contribution is 2.25. The molecule has 0 fully saturated rings. The van der Waals surface area contributed by atoms with Gasteiger partial charge in [0, 0.05) is 12.1 Å². The van der Waals surface area contributed by atoms with Crippen molar-refractivity contribution in [2.24, 2.45) is 0 Å². The number of hydrogen-bond donors (Lipinski definition) is 2. The Bertz CT molecular complexity index is 701. The summed E-state index contributed by atoms with van der Waals surface area (Å²) in [5.41, 5.74) is 3.64. The van der Waals surface area contributed by atoms with E-state index in [1.165, 1.54) is 5.56 Å². The lowest BCUT2D eigenvalue weighted by Gasteiger charge is -2.19. The molecule has 0 unspecified atom stereocenters. The Morgan fingerprint density at radius 1 is 1.22 bits per heavy atom. The summed E-state index contributed by atoms with van der Waals surface area (Å²) in [4.78, 5) is 12.2. The van der Waals surface area contributed by atoms with Gasteiger partial charge in [-0.1, -0.05) is 25.1 Å². The van der Waals surface area contributed by atoms with Crippen molar-refractivity contribution in [2.75, 3.05) is 11.9 Å². The second kappa shape index (κ2) is 7.57. The molecule has 2 aromatic rings. The van der Waals surface area contributed by atoms with Crippen molar-refractivity contribution in [3.63, 3.8) is 0 Å². The van der Waals surface area contributed by atoms with E-state index in [1.54, 1.807) is 18.2 Å². The number of anilines is 1. The zero-order valence-corrected chi connectivity index (χ0v) is 13.8. The standard InChI is InChI=1S/C18H19FN2O.ClH/c1-2-12-3-5-13(6-4-12)18(22)21-16-8-7-14-11-20-10-9-15(14)17(16)19;/h3-8,20H,2,9-11H2,1H3,(H,21,22);1H. The largest absolute Gasteiger partial charge is 0.319 e. The molecular weight excluding hydrogens is 315 g/mol. The molecule has 1 amide bonds. The molecule has 0 aromatic heterocycles. The molecule has 0 aliphatic carbocycles. The van der Waals surface area contributed by atoms with E-state index in [1.807, 2.05) is 18.2 Å². The predicted octanol–water partition coefficient (Wildman–Crippen LogP) is 3.71. The van der Waals surface area contributed by atoms with E-state index in [0.717, 1.165) is 18.5 Å². The first-order chi connectivity index (χ1) is 10.7. The quantitative estimate of drug-likeness (QED) is 0.898. The highest BCUT2D eigenvalue weighted by atomic mass is 35.5. The van der Waals surface area contributed by atoms with Crippen LogP contribution in [0, 0.1) is 5.82 Å². The van der Waals surface area contributed by atoms with E-state index >= 15 is 0 Å². The summed E-state index contributed by atoms with van der Waals surface area (Å²) < 4.78 is 14.5. The molecule has 2 N–H and O–H groups in total. The van der Waals surface area contributed by atoms with Crippen molar-refractivity contribution in [1.29, 1.82) is 0 Å². The van der Waals surface area contributed by atoms with Gasteiger partial charge in [0.2, 0.25) is 0 Å². The van der Waals surface area contributed by atoms with Crippen LogP contribution in [0.4, 0.5) is 10.1 Å². The minimum absolute atomic E-state index is 0. The zero-order chi connectivity index (χ0) is 15.5. The highest BCUT2D eigenvalue weighted by Gasteiger charge is 2.17. The van der Waals surface area contributed by atoms with Gasteiger partial charge >= 0.3 is 0 Å². The lowest BCUT2D eigenvalue weighted by molar-refractivity contribution is 0.102. The molecule has 3 nitrogen and oxygen atoms in total. The van der Waals surface area contributed by atoms with Gasteiger partial charge in [-0.3, -0.25) is 4.79 Å². The first-order valence-electron chi connectivity index (χ1n) is 7.60. The van der Waals surface area contributed by atoms with Crippen LogP contribution in [-0.4, -0.2) is 12.5 Å². The van der Waals surface area contributed by atoms with Crippen LogP contribution >= 0.6 is 12.4 Å². The van der Waals surface area contributed by atoms with Gasteiger partial charge in [-0.25, -0.2) is 4.39 Å². The van der Waals surface area contributed by atoms with Crippen LogP contribution in [0.3, 0.4) is 0 Å². The Morgan fingerprint density at radius 2 is 1.96 bits per heavy atom. The third-order valence-corrected chi connectivity index (χ3v) is 4.08. The summed E-state index contributed by atoms with van der Waals surface area (Å²) >= 11 is 0. The minimum atomic E-state index is -0.308. The molecular formula is C18H20ClFN2O. The number of aryl methyl sites for hydroxylation is 1. The van der Waals surface area contributed by atoms with Gasteiger partial charge in [-0.05, 0) is 54.3 Å². The van der Waals surface area contributed by atoms with E-state index in [9.17, 15) is 9.18 Å². The van der Waals surface area contributed by atoms with Crippen molar-refractivity contribution >= 4 is 24.0 Å². The summed E-state index contributed by atoms with van der Waals surface area (Å²) in [6, 6.07) is 10.9. The zero-order valence-electron chi connectivity index (χ0n) is 13.0. The maximum Gasteiger partial charge on any atom is 0.255 e. The molecule has 0 atom stereocenters. The number of rotatable bonds is 3. The number of nitrogens with one attached hydrogen (secondary N) is 2. The predicted molar refractivity (Wildman–Crippen MR) is 92.8 cm³/mol. The van der Waals surface area contributed by atoms with Crippen molar-refractivity contribution in [3.05, 3.63) is 64.5 Å². The molecule has 0 saturated carbocycles. The smallest absolute Gasteiger partial charge is 0.255 e. The van der Waals surface area contributed by atoms with Crippen LogP contribution in [0.15, 0.2) is 36.4 Å². The molecule has 0 bridgehead atoms. The maximum absolute atomic E-state index is 14.5. The van der Waals surface area contributed by atoms with Gasteiger partial charge in [0.1, 0.15) is 5.82 Å². The Hall–Kier alpha value is -1.91. The number of carbonyl (C=O) groups excluding carboxylic acids is 1. The Labute approximate surface area is 141 Å². The average molecular weight is 335 g/mol. The van der Waals surface area contributed by atoms with Gasteiger partial charge < -0.3 is 10.6 Å². The first kappa shape index (κ1) is 17.4. The summed E-state index contributed by atoms with van der Waals surface area (Å²) in [6.07, 6.45) is 1.57. The molecule has 122 valence electrons. The number of benzene rings is 2. The van der Waals surface area contributed by atoms with Gasteiger partial charge in [0.05, 0.1) is 5.69 Å². The Kier molecular flexibility index (Phi) is 5.74.